The molecule has 20 heavy (non-hydrogen) atoms. The van der Waals surface area contributed by atoms with Crippen molar-refractivity contribution >= 4 is 17.7 Å². The summed E-state index contributed by atoms with van der Waals surface area (Å²) in [7, 11) is 0. The van der Waals surface area contributed by atoms with Gasteiger partial charge in [-0.3, -0.25) is 0 Å². The molecule has 0 heterocycles. The zero-order chi connectivity index (χ0) is 14.5. The highest BCUT2D eigenvalue weighted by molar-refractivity contribution is 7.98. The van der Waals surface area contributed by atoms with Crippen molar-refractivity contribution in [3.8, 4) is 6.07 Å². The lowest BCUT2D eigenvalue weighted by Gasteiger charge is -2.05. The Balaban J connectivity index is 2.12. The van der Waals surface area contributed by atoms with E-state index in [-0.39, 0.29) is 5.56 Å². The molecule has 1 N–H and O–H groups in total. The van der Waals surface area contributed by atoms with Crippen LogP contribution in [0.5, 0.6) is 0 Å². The maximum atomic E-state index is 13.6. The van der Waals surface area contributed by atoms with E-state index in [1.54, 1.807) is 24.3 Å². The van der Waals surface area contributed by atoms with E-state index >= 15 is 0 Å². The number of nitriles is 1. The molecule has 100 valence electrons. The number of carboxylic acids is 1. The number of carboxylic acid groups (broad SMARTS) is 1. The van der Waals surface area contributed by atoms with Gasteiger partial charge in [0.05, 0.1) is 17.2 Å². The molecular formula is C15H10FNO2S. The number of carbonyl (C=O) groups is 1. The first-order valence-electron chi connectivity index (χ1n) is 5.75. The van der Waals surface area contributed by atoms with Gasteiger partial charge >= 0.3 is 5.97 Å². The second-order valence-corrected chi connectivity index (χ2v) is 5.06. The molecule has 5 heteroatoms. The van der Waals surface area contributed by atoms with Gasteiger partial charge in [0.1, 0.15) is 5.82 Å². The lowest BCUT2D eigenvalue weighted by atomic mass is 10.2. The minimum atomic E-state index is -1.08. The summed E-state index contributed by atoms with van der Waals surface area (Å²) < 4.78 is 13.6. The lowest BCUT2D eigenvalue weighted by Crippen LogP contribution is -1.97. The Bertz CT molecular complexity index is 677. The Labute approximate surface area is 119 Å². The number of rotatable bonds is 4. The van der Waals surface area contributed by atoms with Crippen LogP contribution in [0, 0.1) is 17.1 Å². The van der Waals surface area contributed by atoms with Gasteiger partial charge in [0.25, 0.3) is 0 Å². The van der Waals surface area contributed by atoms with Crippen LogP contribution < -0.4 is 0 Å². The van der Waals surface area contributed by atoms with Gasteiger partial charge in [0, 0.05) is 10.6 Å². The number of aromatic carboxylic acids is 1. The second kappa shape index (κ2) is 6.22. The van der Waals surface area contributed by atoms with Crippen molar-refractivity contribution in [1.82, 2.24) is 0 Å². The smallest absolute Gasteiger partial charge is 0.335 e. The molecule has 2 rings (SSSR count). The molecule has 0 spiro atoms. The lowest BCUT2D eigenvalue weighted by molar-refractivity contribution is 0.0696. The summed E-state index contributed by atoms with van der Waals surface area (Å²) in [6.07, 6.45) is 0. The summed E-state index contributed by atoms with van der Waals surface area (Å²) in [5, 5.41) is 17.6. The Morgan fingerprint density at radius 1 is 1.25 bits per heavy atom. The summed E-state index contributed by atoms with van der Waals surface area (Å²) in [6.45, 7) is 0. The second-order valence-electron chi connectivity index (χ2n) is 4.05. The van der Waals surface area contributed by atoms with E-state index in [0.29, 0.717) is 16.2 Å². The third-order valence-corrected chi connectivity index (χ3v) is 3.76. The van der Waals surface area contributed by atoms with Crippen molar-refractivity contribution < 1.29 is 14.3 Å². The molecule has 0 saturated heterocycles. The van der Waals surface area contributed by atoms with E-state index in [4.69, 9.17) is 10.4 Å². The van der Waals surface area contributed by atoms with Crippen molar-refractivity contribution in [3.05, 3.63) is 65.0 Å². The average molecular weight is 287 g/mol. The highest BCUT2D eigenvalue weighted by Gasteiger charge is 2.09. The average Bonchev–Trinajstić information content (AvgIpc) is 2.46. The third-order valence-electron chi connectivity index (χ3n) is 2.66. The third kappa shape index (κ3) is 3.37. The van der Waals surface area contributed by atoms with Gasteiger partial charge in [0.15, 0.2) is 0 Å². The normalized spacial score (nSPS) is 10.0. The maximum absolute atomic E-state index is 13.6. The molecule has 0 aromatic heterocycles. The molecular weight excluding hydrogens is 277 g/mol. The molecule has 0 aliphatic rings. The van der Waals surface area contributed by atoms with E-state index in [2.05, 4.69) is 0 Å². The molecule has 0 saturated carbocycles. The van der Waals surface area contributed by atoms with E-state index in [0.717, 1.165) is 11.6 Å². The highest BCUT2D eigenvalue weighted by Crippen LogP contribution is 2.26. The Morgan fingerprint density at radius 3 is 2.55 bits per heavy atom. The first-order chi connectivity index (χ1) is 9.60. The van der Waals surface area contributed by atoms with Crippen LogP contribution in [-0.4, -0.2) is 11.1 Å². The molecule has 0 bridgehead atoms. The number of nitrogens with zero attached hydrogens (tertiary/aromatic N) is 1. The predicted octanol–water partition coefficient (Wildman–Crippen LogP) is 3.69. The van der Waals surface area contributed by atoms with Crippen LogP contribution in [0.2, 0.25) is 0 Å². The molecule has 0 radical (unpaired) electrons. The molecule has 0 fully saturated rings. The topological polar surface area (TPSA) is 61.1 Å². The summed E-state index contributed by atoms with van der Waals surface area (Å²) >= 11 is 1.22. The molecule has 3 nitrogen and oxygen atoms in total. The van der Waals surface area contributed by atoms with Crippen molar-refractivity contribution in [1.29, 1.82) is 5.26 Å². The minimum Gasteiger partial charge on any atom is -0.478 e. The van der Waals surface area contributed by atoms with Gasteiger partial charge < -0.3 is 5.11 Å². The monoisotopic (exact) mass is 287 g/mol. The number of thioether (sulfide) groups is 1. The van der Waals surface area contributed by atoms with Crippen molar-refractivity contribution in [3.63, 3.8) is 0 Å². The number of hydrogen-bond donors (Lipinski definition) is 1. The molecule has 0 atom stereocenters. The van der Waals surface area contributed by atoms with Crippen molar-refractivity contribution in [2.75, 3.05) is 0 Å². The predicted molar refractivity (Wildman–Crippen MR) is 74.1 cm³/mol. The molecule has 0 aliphatic heterocycles. The standard InChI is InChI=1S/C15H10FNO2S/c16-13-6-5-12(15(18)19)7-14(13)20-9-11-3-1-10(8-17)2-4-11/h1-7H,9H2,(H,18,19). The van der Waals surface area contributed by atoms with Crippen LogP contribution in [0.4, 0.5) is 4.39 Å². The fraction of sp³-hybridized carbons (Fsp3) is 0.0667. The number of hydrogen-bond acceptors (Lipinski definition) is 3. The van der Waals surface area contributed by atoms with Crippen LogP contribution in [0.3, 0.4) is 0 Å². The summed E-state index contributed by atoms with van der Waals surface area (Å²) in [5.74, 6) is -1.01. The largest absolute Gasteiger partial charge is 0.478 e. The van der Waals surface area contributed by atoms with Gasteiger partial charge in [-0.1, -0.05) is 12.1 Å². The number of benzene rings is 2. The van der Waals surface area contributed by atoms with Gasteiger partial charge in [-0.25, -0.2) is 9.18 Å². The summed E-state index contributed by atoms with van der Waals surface area (Å²) in [5.41, 5.74) is 1.57. The zero-order valence-corrected chi connectivity index (χ0v) is 11.2. The molecule has 0 unspecified atom stereocenters. The molecule has 2 aromatic rings. The first kappa shape index (κ1) is 14.1. The zero-order valence-electron chi connectivity index (χ0n) is 10.3. The quantitative estimate of drug-likeness (QED) is 0.871. The fourth-order valence-corrected chi connectivity index (χ4v) is 2.51. The molecule has 0 amide bonds. The van der Waals surface area contributed by atoms with Gasteiger partial charge in [-0.15, -0.1) is 11.8 Å². The SMILES string of the molecule is N#Cc1ccc(CSc2cc(C(=O)O)ccc2F)cc1. The van der Waals surface area contributed by atoms with Gasteiger partial charge in [-0.05, 0) is 35.9 Å². The van der Waals surface area contributed by atoms with Crippen molar-refractivity contribution in [2.24, 2.45) is 0 Å². The summed E-state index contributed by atoms with van der Waals surface area (Å²) in [6, 6.07) is 12.7. The van der Waals surface area contributed by atoms with E-state index < -0.39 is 11.8 Å². The van der Waals surface area contributed by atoms with Gasteiger partial charge in [0.2, 0.25) is 0 Å². The Morgan fingerprint density at radius 2 is 1.95 bits per heavy atom. The highest BCUT2D eigenvalue weighted by atomic mass is 32.2. The van der Waals surface area contributed by atoms with Gasteiger partial charge in [-0.2, -0.15) is 5.26 Å². The Hall–Kier alpha value is -2.32. The van der Waals surface area contributed by atoms with Crippen LogP contribution in [-0.2, 0) is 5.75 Å². The van der Waals surface area contributed by atoms with Crippen LogP contribution >= 0.6 is 11.8 Å². The van der Waals surface area contributed by atoms with E-state index in [1.165, 1.54) is 23.9 Å². The fourth-order valence-electron chi connectivity index (χ4n) is 1.58. The summed E-state index contributed by atoms with van der Waals surface area (Å²) in [4.78, 5) is 11.1. The van der Waals surface area contributed by atoms with Crippen LogP contribution in [0.25, 0.3) is 0 Å². The minimum absolute atomic E-state index is 0.0636. The first-order valence-corrected chi connectivity index (χ1v) is 6.73. The number of halogens is 1. The van der Waals surface area contributed by atoms with E-state index in [1.807, 2.05) is 6.07 Å². The molecule has 0 aliphatic carbocycles. The maximum Gasteiger partial charge on any atom is 0.335 e. The Kier molecular flexibility index (Phi) is 4.38. The van der Waals surface area contributed by atoms with Crippen LogP contribution in [0.15, 0.2) is 47.4 Å². The molecule has 2 aromatic carbocycles. The van der Waals surface area contributed by atoms with Crippen molar-refractivity contribution in [2.45, 2.75) is 10.6 Å². The van der Waals surface area contributed by atoms with E-state index in [9.17, 15) is 9.18 Å². The van der Waals surface area contributed by atoms with Crippen LogP contribution in [0.1, 0.15) is 21.5 Å².